The summed E-state index contributed by atoms with van der Waals surface area (Å²) in [5, 5.41) is 0. The van der Waals surface area contributed by atoms with Gasteiger partial charge in [-0.15, -0.1) is 0 Å². The number of hydrogen-bond donors (Lipinski definition) is 0. The molecule has 2 fully saturated rings. The second-order valence-corrected chi connectivity index (χ2v) is 7.59. The third-order valence-corrected chi connectivity index (χ3v) is 5.69. The van der Waals surface area contributed by atoms with Crippen molar-refractivity contribution in [2.24, 2.45) is 17.8 Å². The third-order valence-electron chi connectivity index (χ3n) is 5.69. The van der Waals surface area contributed by atoms with Gasteiger partial charge in [0.15, 0.2) is 6.29 Å². The van der Waals surface area contributed by atoms with E-state index < -0.39 is 0 Å². The summed E-state index contributed by atoms with van der Waals surface area (Å²) in [5.41, 5.74) is 0. The minimum Gasteiger partial charge on any atom is -0.466 e. The maximum Gasteiger partial charge on any atom is 0.302 e. The molecule has 4 heteroatoms. The Morgan fingerprint density at radius 2 is 1.96 bits per heavy atom. The summed E-state index contributed by atoms with van der Waals surface area (Å²) in [6.07, 6.45) is 12.2. The second kappa shape index (κ2) is 11.1. The molecule has 0 spiro atoms. The number of rotatable bonds is 9. The standard InChI is InChI=1S/C20H36O4/c1-3-6-17-8-10-18(11-9-17)19(15-24-16(2)21)12-14-23-20-7-4-5-13-22-20/h17-20H,3-15H2,1-2H3. The molecule has 24 heavy (non-hydrogen) atoms. The first-order valence-electron chi connectivity index (χ1n) is 10.1. The lowest BCUT2D eigenvalue weighted by atomic mass is 9.74. The highest BCUT2D eigenvalue weighted by Crippen LogP contribution is 2.37. The van der Waals surface area contributed by atoms with Gasteiger partial charge in [0, 0.05) is 13.5 Å². The maximum atomic E-state index is 11.2. The Hall–Kier alpha value is -0.610. The lowest BCUT2D eigenvalue weighted by molar-refractivity contribution is -0.166. The van der Waals surface area contributed by atoms with Crippen molar-refractivity contribution in [2.45, 2.75) is 84.3 Å². The molecule has 1 aliphatic heterocycles. The quantitative estimate of drug-likeness (QED) is 0.570. The Balaban J connectivity index is 1.74. The van der Waals surface area contributed by atoms with Crippen LogP contribution in [-0.2, 0) is 19.0 Å². The lowest BCUT2D eigenvalue weighted by Gasteiger charge is -2.34. The van der Waals surface area contributed by atoms with Gasteiger partial charge in [0.05, 0.1) is 13.2 Å². The Morgan fingerprint density at radius 1 is 1.17 bits per heavy atom. The molecular weight excluding hydrogens is 304 g/mol. The summed E-state index contributed by atoms with van der Waals surface area (Å²) < 4.78 is 16.9. The smallest absolute Gasteiger partial charge is 0.302 e. The molecule has 0 aromatic rings. The fourth-order valence-corrected chi connectivity index (χ4v) is 4.23. The van der Waals surface area contributed by atoms with E-state index in [2.05, 4.69) is 6.92 Å². The van der Waals surface area contributed by atoms with Crippen molar-refractivity contribution < 1.29 is 19.0 Å². The van der Waals surface area contributed by atoms with Gasteiger partial charge in [-0.1, -0.05) is 32.6 Å². The third kappa shape index (κ3) is 7.10. The average molecular weight is 341 g/mol. The van der Waals surface area contributed by atoms with E-state index in [0.717, 1.165) is 31.8 Å². The predicted molar refractivity (Wildman–Crippen MR) is 94.6 cm³/mol. The zero-order valence-corrected chi connectivity index (χ0v) is 15.6. The second-order valence-electron chi connectivity index (χ2n) is 7.59. The van der Waals surface area contributed by atoms with Gasteiger partial charge >= 0.3 is 5.97 Å². The Kier molecular flexibility index (Phi) is 9.11. The van der Waals surface area contributed by atoms with Crippen molar-refractivity contribution in [3.8, 4) is 0 Å². The number of carbonyl (C=O) groups is 1. The SMILES string of the molecule is CCCC1CCC(C(CCOC2CCCCO2)COC(C)=O)CC1. The molecule has 0 N–H and O–H groups in total. The Morgan fingerprint density at radius 3 is 2.58 bits per heavy atom. The van der Waals surface area contributed by atoms with Crippen LogP contribution in [-0.4, -0.2) is 32.1 Å². The normalized spacial score (nSPS) is 29.2. The van der Waals surface area contributed by atoms with Gasteiger partial charge in [0.25, 0.3) is 0 Å². The molecule has 2 rings (SSSR count). The number of carbonyl (C=O) groups excluding carboxylic acids is 1. The van der Waals surface area contributed by atoms with E-state index in [-0.39, 0.29) is 12.3 Å². The molecule has 2 unspecified atom stereocenters. The van der Waals surface area contributed by atoms with Crippen molar-refractivity contribution in [3.63, 3.8) is 0 Å². The highest BCUT2D eigenvalue weighted by molar-refractivity contribution is 5.65. The molecular formula is C20H36O4. The van der Waals surface area contributed by atoms with Crippen LogP contribution in [0.1, 0.15) is 78.1 Å². The van der Waals surface area contributed by atoms with E-state index in [0.29, 0.717) is 25.0 Å². The van der Waals surface area contributed by atoms with Crippen molar-refractivity contribution in [1.29, 1.82) is 0 Å². The van der Waals surface area contributed by atoms with Crippen LogP contribution in [0, 0.1) is 17.8 Å². The molecule has 1 heterocycles. The van der Waals surface area contributed by atoms with Gasteiger partial charge < -0.3 is 14.2 Å². The van der Waals surface area contributed by atoms with Gasteiger partial charge in [-0.25, -0.2) is 0 Å². The van der Waals surface area contributed by atoms with Crippen LogP contribution >= 0.6 is 0 Å². The molecule has 0 bridgehead atoms. The molecule has 4 nitrogen and oxygen atoms in total. The van der Waals surface area contributed by atoms with Crippen molar-refractivity contribution in [3.05, 3.63) is 0 Å². The lowest BCUT2D eigenvalue weighted by Crippen LogP contribution is -2.29. The van der Waals surface area contributed by atoms with Crippen LogP contribution in [0.3, 0.4) is 0 Å². The first-order valence-corrected chi connectivity index (χ1v) is 10.1. The van der Waals surface area contributed by atoms with Gasteiger partial charge in [-0.05, 0) is 56.3 Å². The minimum absolute atomic E-state index is 0.0200. The zero-order chi connectivity index (χ0) is 17.2. The monoisotopic (exact) mass is 340 g/mol. The maximum absolute atomic E-state index is 11.2. The van der Waals surface area contributed by atoms with Gasteiger partial charge in [0.1, 0.15) is 0 Å². The molecule has 1 saturated heterocycles. The van der Waals surface area contributed by atoms with E-state index in [9.17, 15) is 4.79 Å². The first kappa shape index (κ1) is 19.7. The fraction of sp³-hybridized carbons (Fsp3) is 0.950. The summed E-state index contributed by atoms with van der Waals surface area (Å²) in [6, 6.07) is 0. The fourth-order valence-electron chi connectivity index (χ4n) is 4.23. The minimum atomic E-state index is -0.170. The van der Waals surface area contributed by atoms with E-state index in [4.69, 9.17) is 14.2 Å². The van der Waals surface area contributed by atoms with Gasteiger partial charge in [-0.2, -0.15) is 0 Å². The summed E-state index contributed by atoms with van der Waals surface area (Å²) in [5.74, 6) is 1.84. The number of ether oxygens (including phenoxy) is 3. The van der Waals surface area contributed by atoms with Crippen LogP contribution in [0.25, 0.3) is 0 Å². The molecule has 0 aromatic heterocycles. The molecule has 140 valence electrons. The molecule has 2 aliphatic rings. The highest BCUT2D eigenvalue weighted by atomic mass is 16.7. The summed E-state index contributed by atoms with van der Waals surface area (Å²) in [4.78, 5) is 11.2. The van der Waals surface area contributed by atoms with Crippen LogP contribution in [0.15, 0.2) is 0 Å². The van der Waals surface area contributed by atoms with E-state index in [1.807, 2.05) is 0 Å². The largest absolute Gasteiger partial charge is 0.466 e. The summed E-state index contributed by atoms with van der Waals surface area (Å²) in [6.45, 7) is 5.86. The molecule has 0 aromatic carbocycles. The number of hydrogen-bond acceptors (Lipinski definition) is 4. The van der Waals surface area contributed by atoms with E-state index in [1.165, 1.54) is 51.9 Å². The average Bonchev–Trinajstić information content (AvgIpc) is 2.60. The molecule has 1 aliphatic carbocycles. The molecule has 0 radical (unpaired) electrons. The Labute approximate surface area is 147 Å². The first-order chi connectivity index (χ1) is 11.7. The topological polar surface area (TPSA) is 44.8 Å². The zero-order valence-electron chi connectivity index (χ0n) is 15.6. The Bertz CT molecular complexity index is 344. The van der Waals surface area contributed by atoms with Gasteiger partial charge in [-0.3, -0.25) is 4.79 Å². The van der Waals surface area contributed by atoms with Crippen molar-refractivity contribution in [1.82, 2.24) is 0 Å². The van der Waals surface area contributed by atoms with E-state index in [1.54, 1.807) is 0 Å². The predicted octanol–water partition coefficient (Wildman–Crippen LogP) is 4.71. The van der Waals surface area contributed by atoms with E-state index >= 15 is 0 Å². The van der Waals surface area contributed by atoms with Gasteiger partial charge in [0.2, 0.25) is 0 Å². The van der Waals surface area contributed by atoms with Crippen LogP contribution in [0.5, 0.6) is 0 Å². The molecule has 1 saturated carbocycles. The molecule has 0 amide bonds. The van der Waals surface area contributed by atoms with Crippen LogP contribution in [0.2, 0.25) is 0 Å². The van der Waals surface area contributed by atoms with Crippen LogP contribution < -0.4 is 0 Å². The highest BCUT2D eigenvalue weighted by Gasteiger charge is 2.28. The summed E-state index contributed by atoms with van der Waals surface area (Å²) in [7, 11) is 0. The number of esters is 1. The van der Waals surface area contributed by atoms with Crippen molar-refractivity contribution in [2.75, 3.05) is 19.8 Å². The van der Waals surface area contributed by atoms with Crippen molar-refractivity contribution >= 4 is 5.97 Å². The molecule has 2 atom stereocenters. The summed E-state index contributed by atoms with van der Waals surface area (Å²) >= 11 is 0. The van der Waals surface area contributed by atoms with Crippen LogP contribution in [0.4, 0.5) is 0 Å².